The molecule has 0 aromatic heterocycles. The highest BCUT2D eigenvalue weighted by molar-refractivity contribution is 5.35. The van der Waals surface area contributed by atoms with E-state index in [0.717, 1.165) is 6.54 Å². The van der Waals surface area contributed by atoms with E-state index in [0.29, 0.717) is 11.5 Å². The van der Waals surface area contributed by atoms with Crippen molar-refractivity contribution in [2.75, 3.05) is 6.54 Å². The van der Waals surface area contributed by atoms with Crippen molar-refractivity contribution in [3.8, 4) is 0 Å². The van der Waals surface area contributed by atoms with E-state index >= 15 is 0 Å². The van der Waals surface area contributed by atoms with Gasteiger partial charge in [0.1, 0.15) is 0 Å². The van der Waals surface area contributed by atoms with Crippen LogP contribution >= 0.6 is 0 Å². The van der Waals surface area contributed by atoms with Crippen molar-refractivity contribution in [3.05, 3.63) is 34.9 Å². The first-order chi connectivity index (χ1) is 10.2. The molecule has 1 N–H and O–H groups in total. The van der Waals surface area contributed by atoms with Gasteiger partial charge in [0.05, 0.1) is 0 Å². The highest BCUT2D eigenvalue weighted by Gasteiger charge is 2.36. The lowest BCUT2D eigenvalue weighted by atomic mass is 9.77. The molecule has 1 aromatic carbocycles. The molecule has 1 unspecified atom stereocenters. The molecule has 0 aliphatic heterocycles. The topological polar surface area (TPSA) is 12.0 Å². The van der Waals surface area contributed by atoms with Crippen LogP contribution in [0.3, 0.4) is 0 Å². The van der Waals surface area contributed by atoms with E-state index < -0.39 is 0 Å². The molecule has 1 heteroatoms. The second-order valence-electron chi connectivity index (χ2n) is 7.53. The summed E-state index contributed by atoms with van der Waals surface area (Å²) in [5.74, 6) is 0. The van der Waals surface area contributed by atoms with E-state index in [-0.39, 0.29) is 0 Å². The number of hydrogen-bond donors (Lipinski definition) is 1. The summed E-state index contributed by atoms with van der Waals surface area (Å²) < 4.78 is 0. The summed E-state index contributed by atoms with van der Waals surface area (Å²) in [4.78, 5) is 0. The Morgan fingerprint density at radius 2 is 1.86 bits per heavy atom. The highest BCUT2D eigenvalue weighted by Crippen LogP contribution is 2.41. The summed E-state index contributed by atoms with van der Waals surface area (Å²) in [6, 6.07) is 7.94. The summed E-state index contributed by atoms with van der Waals surface area (Å²) in [5.41, 5.74) is 5.29. The predicted molar refractivity (Wildman–Crippen MR) is 90.8 cm³/mol. The van der Waals surface area contributed by atoms with E-state index in [2.05, 4.69) is 37.4 Å². The van der Waals surface area contributed by atoms with Crippen LogP contribution in [0.25, 0.3) is 0 Å². The number of benzene rings is 1. The molecule has 21 heavy (non-hydrogen) atoms. The monoisotopic (exact) mass is 285 g/mol. The quantitative estimate of drug-likeness (QED) is 0.801. The van der Waals surface area contributed by atoms with E-state index in [1.807, 2.05) is 0 Å². The summed E-state index contributed by atoms with van der Waals surface area (Å²) in [7, 11) is 0. The predicted octanol–water partition coefficient (Wildman–Crippen LogP) is 4.67. The number of aryl methyl sites for hydroxylation is 2. The summed E-state index contributed by atoms with van der Waals surface area (Å²) >= 11 is 0. The van der Waals surface area contributed by atoms with Crippen LogP contribution in [0.1, 0.15) is 69.1 Å². The van der Waals surface area contributed by atoms with Crippen LogP contribution in [-0.4, -0.2) is 12.6 Å². The third-order valence-corrected chi connectivity index (χ3v) is 5.83. The largest absolute Gasteiger partial charge is 0.313 e. The number of nitrogens with one attached hydrogen (secondary N) is 1. The molecular weight excluding hydrogens is 254 g/mol. The first-order valence-electron chi connectivity index (χ1n) is 9.05. The SMILES string of the molecule is CCCNC(Cc1ccc2c(c1)CCC2)C1(C)CCCC1. The molecule has 1 atom stereocenters. The molecular formula is C20H31N. The molecule has 1 saturated carbocycles. The number of rotatable bonds is 6. The zero-order valence-electron chi connectivity index (χ0n) is 13.9. The van der Waals surface area contributed by atoms with Crippen LogP contribution < -0.4 is 5.32 Å². The van der Waals surface area contributed by atoms with Gasteiger partial charge in [-0.2, -0.15) is 0 Å². The van der Waals surface area contributed by atoms with Crippen molar-refractivity contribution in [2.24, 2.45) is 5.41 Å². The smallest absolute Gasteiger partial charge is 0.0161 e. The minimum absolute atomic E-state index is 0.508. The number of hydrogen-bond acceptors (Lipinski definition) is 1. The van der Waals surface area contributed by atoms with E-state index in [9.17, 15) is 0 Å². The molecule has 1 nitrogen and oxygen atoms in total. The van der Waals surface area contributed by atoms with E-state index in [4.69, 9.17) is 0 Å². The van der Waals surface area contributed by atoms with Gasteiger partial charge in [-0.05, 0) is 73.6 Å². The Kier molecular flexibility index (Phi) is 4.69. The van der Waals surface area contributed by atoms with Gasteiger partial charge in [-0.3, -0.25) is 0 Å². The van der Waals surface area contributed by atoms with Crippen LogP contribution in [-0.2, 0) is 19.3 Å². The normalized spacial score (nSPS) is 21.4. The third-order valence-electron chi connectivity index (χ3n) is 5.83. The van der Waals surface area contributed by atoms with E-state index in [1.165, 1.54) is 57.8 Å². The molecule has 0 saturated heterocycles. The van der Waals surface area contributed by atoms with Gasteiger partial charge in [0, 0.05) is 6.04 Å². The Balaban J connectivity index is 1.74. The fourth-order valence-electron chi connectivity index (χ4n) is 4.40. The van der Waals surface area contributed by atoms with Crippen LogP contribution in [0.15, 0.2) is 18.2 Å². The van der Waals surface area contributed by atoms with Gasteiger partial charge in [0.25, 0.3) is 0 Å². The second-order valence-corrected chi connectivity index (χ2v) is 7.53. The molecule has 0 radical (unpaired) electrons. The van der Waals surface area contributed by atoms with Crippen molar-refractivity contribution >= 4 is 0 Å². The van der Waals surface area contributed by atoms with Gasteiger partial charge in [-0.25, -0.2) is 0 Å². The Bertz CT molecular complexity index is 471. The van der Waals surface area contributed by atoms with Crippen LogP contribution in [0.4, 0.5) is 0 Å². The van der Waals surface area contributed by atoms with Gasteiger partial charge in [-0.15, -0.1) is 0 Å². The first-order valence-corrected chi connectivity index (χ1v) is 9.05. The standard InChI is InChI=1S/C20H31N/c1-3-13-21-19(20(2)11-4-5-12-20)15-16-9-10-17-7-6-8-18(17)14-16/h9-10,14,19,21H,3-8,11-13,15H2,1-2H3. The Hall–Kier alpha value is -0.820. The van der Waals surface area contributed by atoms with Crippen molar-refractivity contribution in [2.45, 2.75) is 77.7 Å². The molecule has 0 amide bonds. The maximum atomic E-state index is 3.87. The fourth-order valence-corrected chi connectivity index (χ4v) is 4.40. The van der Waals surface area contributed by atoms with Crippen molar-refractivity contribution < 1.29 is 0 Å². The minimum Gasteiger partial charge on any atom is -0.313 e. The summed E-state index contributed by atoms with van der Waals surface area (Å²) in [6.07, 6.45) is 12.0. The average molecular weight is 285 g/mol. The van der Waals surface area contributed by atoms with Crippen LogP contribution in [0.5, 0.6) is 0 Å². The van der Waals surface area contributed by atoms with Gasteiger partial charge in [0.15, 0.2) is 0 Å². The Morgan fingerprint density at radius 1 is 1.10 bits per heavy atom. The van der Waals surface area contributed by atoms with Crippen LogP contribution in [0.2, 0.25) is 0 Å². The lowest BCUT2D eigenvalue weighted by Gasteiger charge is -2.35. The molecule has 116 valence electrons. The summed E-state index contributed by atoms with van der Waals surface area (Å²) in [5, 5.41) is 3.87. The third kappa shape index (κ3) is 3.34. The second kappa shape index (κ2) is 6.52. The van der Waals surface area contributed by atoms with Crippen molar-refractivity contribution in [1.82, 2.24) is 5.32 Å². The van der Waals surface area contributed by atoms with Gasteiger partial charge >= 0.3 is 0 Å². The lowest BCUT2D eigenvalue weighted by molar-refractivity contribution is 0.219. The van der Waals surface area contributed by atoms with Gasteiger partial charge in [-0.1, -0.05) is 44.9 Å². The molecule has 1 aromatic rings. The molecule has 0 spiro atoms. The maximum Gasteiger partial charge on any atom is 0.0161 e. The zero-order chi connectivity index (χ0) is 14.7. The molecule has 3 rings (SSSR count). The maximum absolute atomic E-state index is 3.87. The molecule has 0 heterocycles. The number of fused-ring (bicyclic) bond motifs is 1. The van der Waals surface area contributed by atoms with Gasteiger partial charge in [0.2, 0.25) is 0 Å². The van der Waals surface area contributed by atoms with E-state index in [1.54, 1.807) is 16.7 Å². The highest BCUT2D eigenvalue weighted by atomic mass is 14.9. The van der Waals surface area contributed by atoms with Gasteiger partial charge < -0.3 is 5.32 Å². The van der Waals surface area contributed by atoms with Crippen LogP contribution in [0, 0.1) is 5.41 Å². The average Bonchev–Trinajstić information content (AvgIpc) is 3.12. The molecule has 2 aliphatic carbocycles. The molecule has 2 aliphatic rings. The Labute approximate surface area is 130 Å². The van der Waals surface area contributed by atoms with Crippen molar-refractivity contribution in [1.29, 1.82) is 0 Å². The zero-order valence-corrected chi connectivity index (χ0v) is 13.9. The first kappa shape index (κ1) is 15.1. The summed E-state index contributed by atoms with van der Waals surface area (Å²) in [6.45, 7) is 5.95. The van der Waals surface area contributed by atoms with Crippen molar-refractivity contribution in [3.63, 3.8) is 0 Å². The molecule has 1 fully saturated rings. The Morgan fingerprint density at radius 3 is 2.62 bits per heavy atom. The minimum atomic E-state index is 0.508. The molecule has 0 bridgehead atoms. The lowest BCUT2D eigenvalue weighted by Crippen LogP contribution is -2.44. The fraction of sp³-hybridized carbons (Fsp3) is 0.700.